The number of hydrogen-bond acceptors (Lipinski definition) is 5. The quantitative estimate of drug-likeness (QED) is 0.749. The molecule has 0 spiro atoms. The third-order valence-corrected chi connectivity index (χ3v) is 6.41. The standard InChI is InChI=1S/C20H32N6O2/c1-3-23-10-14-24(15-11-23)19(27)17-16-6-4-5-7-26(16)18(21-17)20(28)25-12-8-22(2)9-13-25/h3-15H2,1-2H3. The Morgan fingerprint density at radius 1 is 0.857 bits per heavy atom. The van der Waals surface area contributed by atoms with Crippen LogP contribution in [-0.4, -0.2) is 107 Å². The lowest BCUT2D eigenvalue weighted by atomic mass is 10.1. The van der Waals surface area contributed by atoms with Gasteiger partial charge in [0.15, 0.2) is 5.82 Å². The van der Waals surface area contributed by atoms with Crippen molar-refractivity contribution in [1.82, 2.24) is 29.2 Å². The Hall–Kier alpha value is -1.93. The zero-order chi connectivity index (χ0) is 19.7. The minimum Gasteiger partial charge on any atom is -0.335 e. The lowest BCUT2D eigenvalue weighted by Gasteiger charge is -2.33. The van der Waals surface area contributed by atoms with E-state index in [-0.39, 0.29) is 11.8 Å². The Labute approximate surface area is 167 Å². The predicted octanol–water partition coefficient (Wildman–Crippen LogP) is 0.385. The van der Waals surface area contributed by atoms with E-state index in [9.17, 15) is 9.59 Å². The number of rotatable bonds is 3. The molecule has 0 aliphatic carbocycles. The fourth-order valence-corrected chi connectivity index (χ4v) is 4.45. The highest BCUT2D eigenvalue weighted by molar-refractivity contribution is 5.97. The van der Waals surface area contributed by atoms with Crippen LogP contribution in [0.15, 0.2) is 0 Å². The molecule has 3 aliphatic rings. The summed E-state index contributed by atoms with van der Waals surface area (Å²) in [6.07, 6.45) is 2.92. The number of imidazole rings is 1. The van der Waals surface area contributed by atoms with E-state index in [1.807, 2.05) is 14.4 Å². The molecule has 0 aromatic carbocycles. The molecule has 2 saturated heterocycles. The van der Waals surface area contributed by atoms with Crippen molar-refractivity contribution in [1.29, 1.82) is 0 Å². The van der Waals surface area contributed by atoms with Crippen LogP contribution in [0.4, 0.5) is 0 Å². The fraction of sp³-hybridized carbons (Fsp3) is 0.750. The fourth-order valence-electron chi connectivity index (χ4n) is 4.45. The van der Waals surface area contributed by atoms with Gasteiger partial charge in [0.05, 0.1) is 5.69 Å². The monoisotopic (exact) mass is 388 g/mol. The highest BCUT2D eigenvalue weighted by Crippen LogP contribution is 2.24. The second-order valence-electron chi connectivity index (χ2n) is 8.16. The molecule has 0 unspecified atom stereocenters. The first-order chi connectivity index (χ1) is 13.6. The first-order valence-electron chi connectivity index (χ1n) is 10.7. The van der Waals surface area contributed by atoms with Crippen LogP contribution in [0.2, 0.25) is 0 Å². The molecule has 4 rings (SSSR count). The normalized spacial score (nSPS) is 21.6. The van der Waals surface area contributed by atoms with Gasteiger partial charge in [-0.1, -0.05) is 6.92 Å². The van der Waals surface area contributed by atoms with Crippen molar-refractivity contribution in [3.63, 3.8) is 0 Å². The molecule has 28 heavy (non-hydrogen) atoms. The summed E-state index contributed by atoms with van der Waals surface area (Å²) in [7, 11) is 2.08. The van der Waals surface area contributed by atoms with Gasteiger partial charge in [0.2, 0.25) is 0 Å². The van der Waals surface area contributed by atoms with Crippen LogP contribution >= 0.6 is 0 Å². The molecule has 4 heterocycles. The highest BCUT2D eigenvalue weighted by Gasteiger charge is 2.33. The maximum Gasteiger partial charge on any atom is 0.289 e. The molecule has 1 aromatic heterocycles. The summed E-state index contributed by atoms with van der Waals surface area (Å²) in [6, 6.07) is 0. The van der Waals surface area contributed by atoms with Crippen LogP contribution in [-0.2, 0) is 13.0 Å². The molecule has 154 valence electrons. The maximum absolute atomic E-state index is 13.2. The summed E-state index contributed by atoms with van der Waals surface area (Å²) in [6.45, 7) is 10.5. The molecule has 0 N–H and O–H groups in total. The smallest absolute Gasteiger partial charge is 0.289 e. The Morgan fingerprint density at radius 2 is 1.50 bits per heavy atom. The van der Waals surface area contributed by atoms with Crippen molar-refractivity contribution < 1.29 is 9.59 Å². The van der Waals surface area contributed by atoms with Crippen LogP contribution in [0.5, 0.6) is 0 Å². The summed E-state index contributed by atoms with van der Waals surface area (Å²) in [5, 5.41) is 0. The number of nitrogens with zero attached hydrogens (tertiary/aromatic N) is 6. The molecule has 3 aliphatic heterocycles. The molecule has 1 aromatic rings. The maximum atomic E-state index is 13.2. The van der Waals surface area contributed by atoms with E-state index in [2.05, 4.69) is 28.8 Å². The van der Waals surface area contributed by atoms with Gasteiger partial charge < -0.3 is 24.2 Å². The SMILES string of the molecule is CCN1CCN(C(=O)c2nc(C(=O)N3CCN(C)CC3)n3c2CCCC3)CC1. The Bertz CT molecular complexity index is 729. The number of piperazine rings is 2. The van der Waals surface area contributed by atoms with Crippen LogP contribution in [0, 0.1) is 0 Å². The van der Waals surface area contributed by atoms with Crippen molar-refractivity contribution >= 4 is 11.8 Å². The van der Waals surface area contributed by atoms with Crippen molar-refractivity contribution in [2.75, 3.05) is 66.0 Å². The van der Waals surface area contributed by atoms with E-state index in [0.29, 0.717) is 11.5 Å². The van der Waals surface area contributed by atoms with Gasteiger partial charge in [-0.15, -0.1) is 0 Å². The Balaban J connectivity index is 1.57. The minimum absolute atomic E-state index is 0.00108. The van der Waals surface area contributed by atoms with E-state index in [0.717, 1.165) is 90.4 Å². The zero-order valence-electron chi connectivity index (χ0n) is 17.2. The molecular weight excluding hydrogens is 356 g/mol. The topological polar surface area (TPSA) is 64.9 Å². The first-order valence-corrected chi connectivity index (χ1v) is 10.7. The van der Waals surface area contributed by atoms with Gasteiger partial charge in [0, 0.05) is 58.9 Å². The summed E-state index contributed by atoms with van der Waals surface area (Å²) in [5.41, 5.74) is 1.48. The van der Waals surface area contributed by atoms with E-state index in [1.165, 1.54) is 0 Å². The second-order valence-corrected chi connectivity index (χ2v) is 8.16. The number of aromatic nitrogens is 2. The molecule has 0 bridgehead atoms. The van der Waals surface area contributed by atoms with E-state index >= 15 is 0 Å². The van der Waals surface area contributed by atoms with Crippen LogP contribution in [0.3, 0.4) is 0 Å². The Morgan fingerprint density at radius 3 is 2.18 bits per heavy atom. The summed E-state index contributed by atoms with van der Waals surface area (Å²) >= 11 is 0. The van der Waals surface area contributed by atoms with Crippen molar-refractivity contribution in [2.24, 2.45) is 0 Å². The largest absolute Gasteiger partial charge is 0.335 e. The summed E-state index contributed by atoms with van der Waals surface area (Å²) in [5.74, 6) is 0.444. The van der Waals surface area contributed by atoms with Gasteiger partial charge in [0.25, 0.3) is 11.8 Å². The predicted molar refractivity (Wildman–Crippen MR) is 107 cm³/mol. The van der Waals surface area contributed by atoms with Gasteiger partial charge >= 0.3 is 0 Å². The molecule has 0 radical (unpaired) electrons. The van der Waals surface area contributed by atoms with E-state index < -0.39 is 0 Å². The van der Waals surface area contributed by atoms with Gasteiger partial charge in [-0.3, -0.25) is 9.59 Å². The second kappa shape index (κ2) is 8.21. The number of amides is 2. The average molecular weight is 389 g/mol. The highest BCUT2D eigenvalue weighted by atomic mass is 16.2. The van der Waals surface area contributed by atoms with Crippen LogP contribution < -0.4 is 0 Å². The first kappa shape index (κ1) is 19.4. The van der Waals surface area contributed by atoms with Gasteiger partial charge in [0.1, 0.15) is 5.69 Å². The molecule has 2 fully saturated rings. The van der Waals surface area contributed by atoms with Gasteiger partial charge in [-0.2, -0.15) is 0 Å². The Kier molecular flexibility index (Phi) is 5.68. The number of carbonyl (C=O) groups excluding carboxylic acids is 2. The minimum atomic E-state index is -0.0221. The molecule has 0 saturated carbocycles. The van der Waals surface area contributed by atoms with Crippen molar-refractivity contribution in [3.05, 3.63) is 17.2 Å². The van der Waals surface area contributed by atoms with Gasteiger partial charge in [-0.25, -0.2) is 4.98 Å². The molecule has 8 heteroatoms. The number of fused-ring (bicyclic) bond motifs is 1. The molecular formula is C20H32N6O2. The number of hydrogen-bond donors (Lipinski definition) is 0. The number of likely N-dealkylation sites (N-methyl/N-ethyl adjacent to an activating group) is 2. The van der Waals surface area contributed by atoms with Crippen LogP contribution in [0.1, 0.15) is 46.6 Å². The van der Waals surface area contributed by atoms with Crippen molar-refractivity contribution in [3.8, 4) is 0 Å². The lowest BCUT2D eigenvalue weighted by molar-refractivity contribution is 0.0636. The average Bonchev–Trinajstić information content (AvgIpc) is 3.13. The summed E-state index contributed by atoms with van der Waals surface area (Å²) < 4.78 is 2.03. The molecule has 2 amide bonds. The molecule has 0 atom stereocenters. The zero-order valence-corrected chi connectivity index (χ0v) is 17.2. The summed E-state index contributed by atoms with van der Waals surface area (Å²) in [4.78, 5) is 39.4. The van der Waals surface area contributed by atoms with Crippen LogP contribution in [0.25, 0.3) is 0 Å². The number of carbonyl (C=O) groups is 2. The van der Waals surface area contributed by atoms with Crippen molar-refractivity contribution in [2.45, 2.75) is 32.7 Å². The third-order valence-electron chi connectivity index (χ3n) is 6.41. The molecule has 8 nitrogen and oxygen atoms in total. The lowest BCUT2D eigenvalue weighted by Crippen LogP contribution is -2.48. The third kappa shape index (κ3) is 3.67. The van der Waals surface area contributed by atoms with E-state index in [1.54, 1.807) is 0 Å². The van der Waals surface area contributed by atoms with Gasteiger partial charge in [-0.05, 0) is 32.9 Å². The van der Waals surface area contributed by atoms with E-state index in [4.69, 9.17) is 0 Å².